The van der Waals surface area contributed by atoms with E-state index in [1.54, 1.807) is 25.1 Å². The third-order valence-electron chi connectivity index (χ3n) is 5.15. The highest BCUT2D eigenvalue weighted by molar-refractivity contribution is 8.01. The zero-order chi connectivity index (χ0) is 22.2. The minimum absolute atomic E-state index is 0.0194. The van der Waals surface area contributed by atoms with Crippen LogP contribution in [0.2, 0.25) is 0 Å². The van der Waals surface area contributed by atoms with Gasteiger partial charge >= 0.3 is 0 Å². The Morgan fingerprint density at radius 1 is 1.09 bits per heavy atom. The predicted molar refractivity (Wildman–Crippen MR) is 126 cm³/mol. The van der Waals surface area contributed by atoms with Gasteiger partial charge in [0.15, 0.2) is 5.82 Å². The number of aromatic nitrogens is 2. The number of fused-ring (bicyclic) bond motifs is 1. The number of amides is 1. The molecule has 2 aromatic carbocycles. The van der Waals surface area contributed by atoms with Crippen molar-refractivity contribution in [3.8, 4) is 10.4 Å². The van der Waals surface area contributed by atoms with Crippen molar-refractivity contribution in [2.45, 2.75) is 17.5 Å². The van der Waals surface area contributed by atoms with Crippen LogP contribution in [0.5, 0.6) is 0 Å². The van der Waals surface area contributed by atoms with Crippen LogP contribution in [0.1, 0.15) is 17.9 Å². The first-order chi connectivity index (χ1) is 15.5. The number of nitro benzene ring substituents is 1. The van der Waals surface area contributed by atoms with Gasteiger partial charge in [0.2, 0.25) is 0 Å². The molecule has 8 nitrogen and oxygen atoms in total. The normalized spacial score (nSPS) is 18.3. The number of rotatable bonds is 5. The van der Waals surface area contributed by atoms with Crippen LogP contribution < -0.4 is 5.43 Å². The average Bonchev–Trinajstić information content (AvgIpc) is 3.37. The Morgan fingerprint density at radius 3 is 2.62 bits per heavy atom. The molecule has 0 aliphatic carbocycles. The molecule has 10 heteroatoms. The number of anilines is 1. The van der Waals surface area contributed by atoms with E-state index in [2.05, 4.69) is 15.4 Å². The summed E-state index contributed by atoms with van der Waals surface area (Å²) in [6.45, 7) is 1.80. The number of hydrazine groups is 1. The lowest BCUT2D eigenvalue weighted by Gasteiger charge is -2.25. The number of carbonyl (C=O) groups excluding carboxylic acids is 1. The van der Waals surface area contributed by atoms with Crippen LogP contribution in [0, 0.1) is 10.1 Å². The average molecular weight is 464 g/mol. The molecule has 32 heavy (non-hydrogen) atoms. The van der Waals surface area contributed by atoms with Gasteiger partial charge in [-0.1, -0.05) is 42.5 Å². The summed E-state index contributed by atoms with van der Waals surface area (Å²) >= 11 is 2.89. The second-order valence-electron chi connectivity index (χ2n) is 7.18. The Kier molecular flexibility index (Phi) is 5.24. The number of benzene rings is 2. The smallest absolute Gasteiger partial charge is 0.275 e. The van der Waals surface area contributed by atoms with Crippen LogP contribution in [0.3, 0.4) is 0 Å². The first kappa shape index (κ1) is 20.4. The minimum atomic E-state index is -0.558. The van der Waals surface area contributed by atoms with Crippen LogP contribution in [0.15, 0.2) is 67.0 Å². The quantitative estimate of drug-likeness (QED) is 0.318. The Morgan fingerprint density at radius 2 is 1.84 bits per heavy atom. The molecule has 3 heterocycles. The van der Waals surface area contributed by atoms with Gasteiger partial charge < -0.3 is 0 Å². The maximum Gasteiger partial charge on any atom is 0.275 e. The molecule has 0 bridgehead atoms. The number of nitrogens with one attached hydrogen (secondary N) is 1. The summed E-state index contributed by atoms with van der Waals surface area (Å²) in [5, 5.41) is 12.1. The lowest BCUT2D eigenvalue weighted by molar-refractivity contribution is -0.385. The fourth-order valence-electron chi connectivity index (χ4n) is 3.61. The molecule has 0 saturated carbocycles. The zero-order valence-corrected chi connectivity index (χ0v) is 18.5. The molecule has 2 unspecified atom stereocenters. The number of carbonyl (C=O) groups is 1. The summed E-state index contributed by atoms with van der Waals surface area (Å²) in [5.74, 6) is 0.332. The molecule has 1 amide bonds. The maximum atomic E-state index is 13.0. The molecule has 2 atom stereocenters. The lowest BCUT2D eigenvalue weighted by atomic mass is 10.1. The number of hydrogen-bond donors (Lipinski definition) is 1. The van der Waals surface area contributed by atoms with Crippen molar-refractivity contribution in [1.82, 2.24) is 15.0 Å². The van der Waals surface area contributed by atoms with Crippen molar-refractivity contribution in [3.05, 3.63) is 82.7 Å². The van der Waals surface area contributed by atoms with Gasteiger partial charge in [-0.25, -0.2) is 15.0 Å². The van der Waals surface area contributed by atoms with Crippen LogP contribution in [0.25, 0.3) is 20.7 Å². The van der Waals surface area contributed by atoms with Crippen LogP contribution in [-0.4, -0.2) is 31.1 Å². The summed E-state index contributed by atoms with van der Waals surface area (Å²) in [7, 11) is 0. The number of thioether (sulfide) groups is 1. The van der Waals surface area contributed by atoms with Crippen molar-refractivity contribution >= 4 is 50.7 Å². The Balaban J connectivity index is 1.54. The number of hydrogen-bond acceptors (Lipinski definition) is 8. The fourth-order valence-corrected chi connectivity index (χ4v) is 5.90. The number of nitrogens with zero attached hydrogens (tertiary/aromatic N) is 4. The first-order valence-corrected chi connectivity index (χ1v) is 11.6. The summed E-state index contributed by atoms with van der Waals surface area (Å²) in [5.41, 5.74) is 5.43. The molecule has 4 aromatic rings. The SMILES string of the molecule is CC1SC(c2ccccc2[N+](=O)[O-])N(Nc2ncnc3cc(-c4ccccc4)sc23)C1=O. The Hall–Kier alpha value is -3.50. The van der Waals surface area contributed by atoms with E-state index < -0.39 is 10.3 Å². The molecular formula is C22H17N5O3S2. The fraction of sp³-hybridized carbons (Fsp3) is 0.136. The number of nitro groups is 1. The molecule has 2 aromatic heterocycles. The van der Waals surface area contributed by atoms with E-state index >= 15 is 0 Å². The molecule has 1 fully saturated rings. The van der Waals surface area contributed by atoms with Gasteiger partial charge in [-0.05, 0) is 24.6 Å². The maximum absolute atomic E-state index is 13.0. The van der Waals surface area contributed by atoms with Crippen LogP contribution >= 0.6 is 23.1 Å². The van der Waals surface area contributed by atoms with Gasteiger partial charge in [0.05, 0.1) is 26.0 Å². The Bertz CT molecular complexity index is 1330. The zero-order valence-electron chi connectivity index (χ0n) is 16.8. The number of thiophene rings is 1. The van der Waals surface area contributed by atoms with E-state index in [-0.39, 0.29) is 16.8 Å². The van der Waals surface area contributed by atoms with Crippen LogP contribution in [0.4, 0.5) is 11.5 Å². The highest BCUT2D eigenvalue weighted by atomic mass is 32.2. The van der Waals surface area contributed by atoms with E-state index in [1.807, 2.05) is 36.4 Å². The summed E-state index contributed by atoms with van der Waals surface area (Å²) in [6.07, 6.45) is 1.45. The van der Waals surface area contributed by atoms with E-state index in [4.69, 9.17) is 0 Å². The molecule has 1 saturated heterocycles. The van der Waals surface area contributed by atoms with E-state index in [1.165, 1.54) is 40.5 Å². The second-order valence-corrected chi connectivity index (χ2v) is 9.66. The second kappa shape index (κ2) is 8.21. The lowest BCUT2D eigenvalue weighted by Crippen LogP contribution is -2.36. The monoisotopic (exact) mass is 463 g/mol. The van der Waals surface area contributed by atoms with Gasteiger partial charge in [0.25, 0.3) is 11.6 Å². The van der Waals surface area contributed by atoms with Gasteiger partial charge in [0.1, 0.15) is 11.7 Å². The standard InChI is InChI=1S/C22H17N5O3S2/c1-13-21(28)26(22(31-13)15-9-5-6-10-17(15)27(29)30)25-20-19-16(23-12-24-20)11-18(32-19)14-7-3-2-4-8-14/h2-13,22H,1H3,(H,23,24,25). The van der Waals surface area contributed by atoms with Crippen molar-refractivity contribution < 1.29 is 9.72 Å². The topological polar surface area (TPSA) is 101 Å². The molecule has 0 radical (unpaired) electrons. The summed E-state index contributed by atoms with van der Waals surface area (Å²) in [6, 6.07) is 18.5. The van der Waals surface area contributed by atoms with Gasteiger partial charge in [-0.2, -0.15) is 0 Å². The molecule has 1 aliphatic heterocycles. The summed E-state index contributed by atoms with van der Waals surface area (Å²) in [4.78, 5) is 33.9. The summed E-state index contributed by atoms with van der Waals surface area (Å²) < 4.78 is 0.810. The first-order valence-electron chi connectivity index (χ1n) is 9.81. The van der Waals surface area contributed by atoms with E-state index in [0.717, 1.165) is 20.7 Å². The molecule has 160 valence electrons. The molecule has 5 rings (SSSR count). The van der Waals surface area contributed by atoms with Gasteiger partial charge in [-0.15, -0.1) is 23.1 Å². The third-order valence-corrected chi connectivity index (χ3v) is 7.66. The van der Waals surface area contributed by atoms with E-state index in [0.29, 0.717) is 11.4 Å². The van der Waals surface area contributed by atoms with E-state index in [9.17, 15) is 14.9 Å². The molecular weight excluding hydrogens is 446 g/mol. The highest BCUT2D eigenvalue weighted by Gasteiger charge is 2.42. The van der Waals surface area contributed by atoms with Gasteiger partial charge in [0, 0.05) is 10.9 Å². The highest BCUT2D eigenvalue weighted by Crippen LogP contribution is 2.46. The molecule has 1 N–H and O–H groups in total. The minimum Gasteiger partial charge on any atom is -0.277 e. The predicted octanol–water partition coefficient (Wildman–Crippen LogP) is 5.26. The van der Waals surface area contributed by atoms with Crippen LogP contribution in [-0.2, 0) is 4.79 Å². The number of para-hydroxylation sites is 1. The largest absolute Gasteiger partial charge is 0.277 e. The molecule has 0 spiro atoms. The Labute approximate surface area is 191 Å². The van der Waals surface area contributed by atoms with Crippen molar-refractivity contribution in [2.75, 3.05) is 5.43 Å². The van der Waals surface area contributed by atoms with Crippen molar-refractivity contribution in [3.63, 3.8) is 0 Å². The van der Waals surface area contributed by atoms with Crippen molar-refractivity contribution in [2.24, 2.45) is 0 Å². The third kappa shape index (κ3) is 3.57. The van der Waals surface area contributed by atoms with Gasteiger partial charge in [-0.3, -0.25) is 20.3 Å². The van der Waals surface area contributed by atoms with Crippen molar-refractivity contribution in [1.29, 1.82) is 0 Å². The molecule has 1 aliphatic rings.